The summed E-state index contributed by atoms with van der Waals surface area (Å²) in [5.41, 5.74) is 0.0777. The second-order valence-corrected chi connectivity index (χ2v) is 4.32. The van der Waals surface area contributed by atoms with Gasteiger partial charge in [0.05, 0.1) is 5.56 Å². The van der Waals surface area contributed by atoms with Gasteiger partial charge in [0.25, 0.3) is 0 Å². The van der Waals surface area contributed by atoms with Gasteiger partial charge in [-0.05, 0) is 25.0 Å². The largest absolute Gasteiger partial charge is 0.416 e. The lowest BCUT2D eigenvalue weighted by Crippen LogP contribution is -2.29. The standard InChI is InChI=1S/C12H15ClF3N/c1-9(17-6-5-13)7-10-3-2-4-11(8-10)12(14,15)16/h2-4,8-9,17H,5-7H2,1H3. The van der Waals surface area contributed by atoms with Crippen LogP contribution in [0.15, 0.2) is 24.3 Å². The van der Waals surface area contributed by atoms with E-state index < -0.39 is 11.7 Å². The minimum Gasteiger partial charge on any atom is -0.313 e. The van der Waals surface area contributed by atoms with Crippen molar-refractivity contribution in [3.63, 3.8) is 0 Å². The van der Waals surface area contributed by atoms with Crippen LogP contribution >= 0.6 is 11.6 Å². The molecule has 5 heteroatoms. The molecule has 1 rings (SSSR count). The Morgan fingerprint density at radius 3 is 2.65 bits per heavy atom. The lowest BCUT2D eigenvalue weighted by molar-refractivity contribution is -0.137. The van der Waals surface area contributed by atoms with E-state index in [1.807, 2.05) is 6.92 Å². The van der Waals surface area contributed by atoms with E-state index in [9.17, 15) is 13.2 Å². The van der Waals surface area contributed by atoms with E-state index in [0.29, 0.717) is 24.4 Å². The van der Waals surface area contributed by atoms with E-state index in [1.165, 1.54) is 12.1 Å². The zero-order valence-corrected chi connectivity index (χ0v) is 10.3. The summed E-state index contributed by atoms with van der Waals surface area (Å²) in [6.45, 7) is 2.58. The molecule has 1 aromatic rings. The number of rotatable bonds is 5. The summed E-state index contributed by atoms with van der Waals surface area (Å²) < 4.78 is 37.4. The summed E-state index contributed by atoms with van der Waals surface area (Å²) in [7, 11) is 0. The van der Waals surface area contributed by atoms with Crippen molar-refractivity contribution in [1.29, 1.82) is 0 Å². The van der Waals surface area contributed by atoms with Crippen LogP contribution in [0.5, 0.6) is 0 Å². The Bertz CT molecular complexity index is 352. The molecule has 1 aromatic carbocycles. The average molecular weight is 266 g/mol. The summed E-state index contributed by atoms with van der Waals surface area (Å²) in [6, 6.07) is 5.52. The molecule has 1 atom stereocenters. The zero-order chi connectivity index (χ0) is 12.9. The molecule has 0 saturated heterocycles. The average Bonchev–Trinajstić information content (AvgIpc) is 2.25. The van der Waals surface area contributed by atoms with Gasteiger partial charge < -0.3 is 5.32 Å². The molecule has 96 valence electrons. The van der Waals surface area contributed by atoms with Gasteiger partial charge in [0.15, 0.2) is 0 Å². The van der Waals surface area contributed by atoms with Crippen molar-refractivity contribution in [1.82, 2.24) is 5.32 Å². The highest BCUT2D eigenvalue weighted by Crippen LogP contribution is 2.29. The normalized spacial score (nSPS) is 13.7. The van der Waals surface area contributed by atoms with Gasteiger partial charge in [0.2, 0.25) is 0 Å². The molecule has 0 fully saturated rings. The third kappa shape index (κ3) is 4.96. The molecule has 1 N–H and O–H groups in total. The Hall–Kier alpha value is -0.740. The number of halogens is 4. The SMILES string of the molecule is CC(Cc1cccc(C(F)(F)F)c1)NCCCl. The third-order valence-electron chi connectivity index (χ3n) is 2.38. The highest BCUT2D eigenvalue weighted by Gasteiger charge is 2.30. The van der Waals surface area contributed by atoms with Crippen LogP contribution < -0.4 is 5.32 Å². The van der Waals surface area contributed by atoms with E-state index >= 15 is 0 Å². The summed E-state index contributed by atoms with van der Waals surface area (Å²) in [5.74, 6) is 0.493. The molecule has 0 heterocycles. The van der Waals surface area contributed by atoms with E-state index in [0.717, 1.165) is 6.07 Å². The van der Waals surface area contributed by atoms with Gasteiger partial charge in [0.1, 0.15) is 0 Å². The topological polar surface area (TPSA) is 12.0 Å². The summed E-state index contributed by atoms with van der Waals surface area (Å²) >= 11 is 5.52. The molecule has 17 heavy (non-hydrogen) atoms. The van der Waals surface area contributed by atoms with E-state index in [2.05, 4.69) is 5.32 Å². The monoisotopic (exact) mass is 265 g/mol. The van der Waals surface area contributed by atoms with E-state index in [-0.39, 0.29) is 6.04 Å². The molecule has 0 spiro atoms. The lowest BCUT2D eigenvalue weighted by Gasteiger charge is -2.14. The fourth-order valence-electron chi connectivity index (χ4n) is 1.60. The number of hydrogen-bond donors (Lipinski definition) is 1. The number of alkyl halides is 4. The van der Waals surface area contributed by atoms with Gasteiger partial charge in [-0.3, -0.25) is 0 Å². The van der Waals surface area contributed by atoms with Crippen molar-refractivity contribution >= 4 is 11.6 Å². The Balaban J connectivity index is 2.66. The van der Waals surface area contributed by atoms with Gasteiger partial charge >= 0.3 is 6.18 Å². The van der Waals surface area contributed by atoms with Crippen molar-refractivity contribution in [2.75, 3.05) is 12.4 Å². The minimum atomic E-state index is -4.27. The molecular formula is C12H15ClF3N. The molecule has 1 unspecified atom stereocenters. The van der Waals surface area contributed by atoms with Crippen molar-refractivity contribution in [3.8, 4) is 0 Å². The van der Waals surface area contributed by atoms with Crippen LogP contribution in [-0.2, 0) is 12.6 Å². The molecule has 0 aliphatic heterocycles. The van der Waals surface area contributed by atoms with Crippen molar-refractivity contribution in [3.05, 3.63) is 35.4 Å². The quantitative estimate of drug-likeness (QED) is 0.804. The van der Waals surface area contributed by atoms with Gasteiger partial charge in [-0.2, -0.15) is 13.2 Å². The maximum Gasteiger partial charge on any atom is 0.416 e. The molecule has 0 radical (unpaired) electrons. The zero-order valence-electron chi connectivity index (χ0n) is 9.52. The third-order valence-corrected chi connectivity index (χ3v) is 2.57. The highest BCUT2D eigenvalue weighted by atomic mass is 35.5. The van der Waals surface area contributed by atoms with Crippen molar-refractivity contribution in [2.45, 2.75) is 25.6 Å². The predicted molar refractivity (Wildman–Crippen MR) is 63.3 cm³/mol. The fraction of sp³-hybridized carbons (Fsp3) is 0.500. The first-order chi connectivity index (χ1) is 7.93. The van der Waals surface area contributed by atoms with Crippen molar-refractivity contribution in [2.24, 2.45) is 0 Å². The van der Waals surface area contributed by atoms with Crippen LogP contribution in [0.1, 0.15) is 18.1 Å². The Labute approximate surface area is 104 Å². The van der Waals surface area contributed by atoms with Gasteiger partial charge in [-0.15, -0.1) is 11.6 Å². The predicted octanol–water partition coefficient (Wildman–Crippen LogP) is 3.46. The highest BCUT2D eigenvalue weighted by molar-refractivity contribution is 6.18. The van der Waals surface area contributed by atoms with Crippen LogP contribution in [0.4, 0.5) is 13.2 Å². The van der Waals surface area contributed by atoms with Crippen LogP contribution in [0, 0.1) is 0 Å². The Morgan fingerprint density at radius 2 is 2.06 bits per heavy atom. The first kappa shape index (κ1) is 14.3. The van der Waals surface area contributed by atoms with Gasteiger partial charge in [0, 0.05) is 18.5 Å². The molecule has 0 bridgehead atoms. The second-order valence-electron chi connectivity index (χ2n) is 3.95. The van der Waals surface area contributed by atoms with Crippen molar-refractivity contribution < 1.29 is 13.2 Å². The molecule has 0 saturated carbocycles. The Morgan fingerprint density at radius 1 is 1.35 bits per heavy atom. The Kier molecular flexibility index (Phi) is 5.28. The smallest absolute Gasteiger partial charge is 0.313 e. The van der Waals surface area contributed by atoms with Crippen LogP contribution in [0.2, 0.25) is 0 Å². The maximum absolute atomic E-state index is 12.5. The van der Waals surface area contributed by atoms with E-state index in [1.54, 1.807) is 6.07 Å². The van der Waals surface area contributed by atoms with Gasteiger partial charge in [-0.25, -0.2) is 0 Å². The molecule has 0 aliphatic carbocycles. The molecule has 1 nitrogen and oxygen atoms in total. The second kappa shape index (κ2) is 6.26. The molecule has 0 aromatic heterocycles. The van der Waals surface area contributed by atoms with Gasteiger partial charge in [-0.1, -0.05) is 18.2 Å². The first-order valence-electron chi connectivity index (χ1n) is 5.39. The molecular weight excluding hydrogens is 251 g/mol. The number of nitrogens with one attached hydrogen (secondary N) is 1. The fourth-order valence-corrected chi connectivity index (χ4v) is 1.71. The first-order valence-corrected chi connectivity index (χ1v) is 5.92. The molecule has 0 amide bonds. The summed E-state index contributed by atoms with van der Waals surface area (Å²) in [6.07, 6.45) is -3.72. The minimum absolute atomic E-state index is 0.109. The number of benzene rings is 1. The summed E-state index contributed by atoms with van der Waals surface area (Å²) in [5, 5.41) is 3.13. The summed E-state index contributed by atoms with van der Waals surface area (Å²) in [4.78, 5) is 0. The van der Waals surface area contributed by atoms with E-state index in [4.69, 9.17) is 11.6 Å². The number of hydrogen-bond acceptors (Lipinski definition) is 1. The maximum atomic E-state index is 12.5. The lowest BCUT2D eigenvalue weighted by atomic mass is 10.0. The van der Waals surface area contributed by atoms with Crippen LogP contribution in [-0.4, -0.2) is 18.5 Å². The van der Waals surface area contributed by atoms with Crippen LogP contribution in [0.3, 0.4) is 0 Å². The van der Waals surface area contributed by atoms with Crippen LogP contribution in [0.25, 0.3) is 0 Å². The molecule has 0 aliphatic rings.